The first-order valence-electron chi connectivity index (χ1n) is 9.38. The average molecular weight is 386 g/mol. The summed E-state index contributed by atoms with van der Waals surface area (Å²) in [5.74, 6) is 1.14. The Labute approximate surface area is 165 Å². The van der Waals surface area contributed by atoms with Crippen LogP contribution < -0.4 is 9.47 Å². The first kappa shape index (κ1) is 20.1. The Morgan fingerprint density at radius 1 is 1.46 bits per heavy atom. The van der Waals surface area contributed by atoms with Gasteiger partial charge in [0.05, 0.1) is 7.11 Å². The molecule has 0 radical (unpaired) electrons. The highest BCUT2D eigenvalue weighted by atomic mass is 16.7. The van der Waals surface area contributed by atoms with Crippen molar-refractivity contribution in [2.45, 2.75) is 38.7 Å². The van der Waals surface area contributed by atoms with E-state index < -0.39 is 11.6 Å². The first-order valence-corrected chi connectivity index (χ1v) is 9.38. The highest BCUT2D eigenvalue weighted by Crippen LogP contribution is 2.46. The van der Waals surface area contributed by atoms with Crippen molar-refractivity contribution < 1.29 is 28.5 Å². The fourth-order valence-electron chi connectivity index (χ4n) is 3.99. The molecule has 1 saturated heterocycles. The van der Waals surface area contributed by atoms with Crippen molar-refractivity contribution in [2.24, 2.45) is 11.8 Å². The molecular formula is C22H26O6. The third-order valence-electron chi connectivity index (χ3n) is 5.47. The minimum Gasteiger partial charge on any atom is -0.497 e. The van der Waals surface area contributed by atoms with Crippen LogP contribution in [0, 0.1) is 11.8 Å². The molecule has 0 spiro atoms. The van der Waals surface area contributed by atoms with Crippen molar-refractivity contribution in [3.63, 3.8) is 0 Å². The van der Waals surface area contributed by atoms with Crippen molar-refractivity contribution in [1.82, 2.24) is 0 Å². The summed E-state index contributed by atoms with van der Waals surface area (Å²) < 4.78 is 22.3. The molecule has 1 aromatic rings. The van der Waals surface area contributed by atoms with Gasteiger partial charge in [0, 0.05) is 25.0 Å². The van der Waals surface area contributed by atoms with Crippen molar-refractivity contribution >= 4 is 11.8 Å². The predicted molar refractivity (Wildman–Crippen MR) is 103 cm³/mol. The highest BCUT2D eigenvalue weighted by Gasteiger charge is 2.51. The molecule has 3 atom stereocenters. The van der Waals surface area contributed by atoms with E-state index in [-0.39, 0.29) is 24.4 Å². The molecule has 3 rings (SSSR count). The van der Waals surface area contributed by atoms with Crippen molar-refractivity contribution in [1.29, 1.82) is 0 Å². The monoisotopic (exact) mass is 386 g/mol. The lowest BCUT2D eigenvalue weighted by atomic mass is 9.71. The second-order valence-corrected chi connectivity index (χ2v) is 7.30. The maximum atomic E-state index is 12.4. The zero-order chi connectivity index (χ0) is 20.3. The second-order valence-electron chi connectivity index (χ2n) is 7.30. The summed E-state index contributed by atoms with van der Waals surface area (Å²) in [7, 11) is 1.56. The molecule has 6 heteroatoms. The standard InChI is InChI=1S/C22H26O6/c1-5-6-17-12-22(21(11-19(17)24)26-13-27-22)14(2)9-16-7-8-18(25-4)10-20(16)28-15(3)23/h5,7-8,10-11,14,17H,1,6,9,12-13H2,2-4H3/t14?,17-,22+/m0/s1. The maximum Gasteiger partial charge on any atom is 0.308 e. The third-order valence-corrected chi connectivity index (χ3v) is 5.47. The Balaban J connectivity index is 1.90. The largest absolute Gasteiger partial charge is 0.497 e. The summed E-state index contributed by atoms with van der Waals surface area (Å²) in [5.41, 5.74) is 0.194. The van der Waals surface area contributed by atoms with Crippen molar-refractivity contribution in [3.8, 4) is 11.5 Å². The van der Waals surface area contributed by atoms with E-state index in [1.807, 2.05) is 12.1 Å². The summed E-state index contributed by atoms with van der Waals surface area (Å²) in [6.07, 6.45) is 5.06. The molecule has 0 saturated carbocycles. The van der Waals surface area contributed by atoms with Gasteiger partial charge in [-0.3, -0.25) is 9.59 Å². The van der Waals surface area contributed by atoms with Crippen LogP contribution in [0.3, 0.4) is 0 Å². The number of carbonyl (C=O) groups excluding carboxylic acids is 2. The number of rotatable bonds is 7. The van der Waals surface area contributed by atoms with Crippen LogP contribution in [0.1, 0.15) is 32.3 Å². The van der Waals surface area contributed by atoms with E-state index in [1.54, 1.807) is 25.3 Å². The molecule has 2 aliphatic rings. The fourth-order valence-corrected chi connectivity index (χ4v) is 3.99. The molecule has 1 unspecified atom stereocenters. The number of ether oxygens (including phenoxy) is 4. The van der Waals surface area contributed by atoms with Crippen LogP contribution in [-0.2, 0) is 25.5 Å². The third kappa shape index (κ3) is 3.83. The molecule has 150 valence electrons. The van der Waals surface area contributed by atoms with Crippen LogP contribution in [0.5, 0.6) is 11.5 Å². The molecule has 6 nitrogen and oxygen atoms in total. The number of hydrogen-bond acceptors (Lipinski definition) is 6. The van der Waals surface area contributed by atoms with E-state index in [9.17, 15) is 9.59 Å². The Hall–Kier alpha value is -2.60. The molecule has 0 N–H and O–H groups in total. The van der Waals surface area contributed by atoms with E-state index in [1.165, 1.54) is 6.92 Å². The van der Waals surface area contributed by atoms with Gasteiger partial charge in [0.15, 0.2) is 12.6 Å². The van der Waals surface area contributed by atoms with Gasteiger partial charge in [0.25, 0.3) is 0 Å². The van der Waals surface area contributed by atoms with Gasteiger partial charge in [0.1, 0.15) is 22.9 Å². The highest BCUT2D eigenvalue weighted by molar-refractivity contribution is 5.93. The van der Waals surface area contributed by atoms with E-state index >= 15 is 0 Å². The zero-order valence-corrected chi connectivity index (χ0v) is 16.5. The summed E-state index contributed by atoms with van der Waals surface area (Å²) >= 11 is 0. The number of fused-ring (bicyclic) bond motifs is 1. The molecular weight excluding hydrogens is 360 g/mol. The van der Waals surface area contributed by atoms with E-state index in [0.29, 0.717) is 36.5 Å². The van der Waals surface area contributed by atoms with Gasteiger partial charge in [-0.05, 0) is 36.8 Å². The van der Waals surface area contributed by atoms with E-state index in [0.717, 1.165) is 5.56 Å². The lowest BCUT2D eigenvalue weighted by Gasteiger charge is -2.38. The second kappa shape index (κ2) is 8.19. The Morgan fingerprint density at radius 2 is 2.25 bits per heavy atom. The SMILES string of the molecule is C=CC[C@H]1C[C@]2(C(C)Cc3ccc(OC)cc3OC(C)=O)OCOC2=CC1=O. The van der Waals surface area contributed by atoms with Gasteiger partial charge in [0.2, 0.25) is 0 Å². The van der Waals surface area contributed by atoms with Crippen LogP contribution in [0.15, 0.2) is 42.7 Å². The molecule has 28 heavy (non-hydrogen) atoms. The Morgan fingerprint density at radius 3 is 2.93 bits per heavy atom. The molecule has 1 heterocycles. The topological polar surface area (TPSA) is 71.1 Å². The summed E-state index contributed by atoms with van der Waals surface area (Å²) in [4.78, 5) is 23.9. The zero-order valence-electron chi connectivity index (χ0n) is 16.5. The molecule has 0 aromatic heterocycles. The van der Waals surface area contributed by atoms with E-state index in [4.69, 9.17) is 18.9 Å². The minimum atomic E-state index is -0.672. The van der Waals surface area contributed by atoms with Crippen molar-refractivity contribution in [2.75, 3.05) is 13.9 Å². The number of methoxy groups -OCH3 is 1. The lowest BCUT2D eigenvalue weighted by Crippen LogP contribution is -2.44. The van der Waals surface area contributed by atoms with E-state index in [2.05, 4.69) is 13.5 Å². The predicted octanol–water partition coefficient (Wildman–Crippen LogP) is 3.59. The van der Waals surface area contributed by atoms with Crippen LogP contribution in [0.4, 0.5) is 0 Å². The van der Waals surface area contributed by atoms with Crippen LogP contribution in [-0.4, -0.2) is 31.3 Å². The van der Waals surface area contributed by atoms with Crippen LogP contribution in [0.2, 0.25) is 0 Å². The van der Waals surface area contributed by atoms with Gasteiger partial charge in [-0.2, -0.15) is 0 Å². The molecule has 0 bridgehead atoms. The van der Waals surface area contributed by atoms with Gasteiger partial charge < -0.3 is 18.9 Å². The molecule has 1 aliphatic carbocycles. The average Bonchev–Trinajstić information content (AvgIpc) is 3.07. The number of allylic oxidation sites excluding steroid dienone is 2. The van der Waals surface area contributed by atoms with Gasteiger partial charge >= 0.3 is 5.97 Å². The fraction of sp³-hybridized carbons (Fsp3) is 0.455. The Kier molecular flexibility index (Phi) is 5.89. The van der Waals surface area contributed by atoms with Gasteiger partial charge in [-0.1, -0.05) is 19.1 Å². The lowest BCUT2D eigenvalue weighted by molar-refractivity contribution is -0.132. The molecule has 0 amide bonds. The number of carbonyl (C=O) groups is 2. The number of ketones is 1. The molecule has 1 aliphatic heterocycles. The first-order chi connectivity index (χ1) is 13.4. The van der Waals surface area contributed by atoms with Crippen molar-refractivity contribution in [3.05, 3.63) is 48.3 Å². The molecule has 1 fully saturated rings. The van der Waals surface area contributed by atoms with Crippen LogP contribution in [0.25, 0.3) is 0 Å². The summed E-state index contributed by atoms with van der Waals surface area (Å²) in [5, 5.41) is 0. The summed E-state index contributed by atoms with van der Waals surface area (Å²) in [6.45, 7) is 7.32. The number of hydrogen-bond donors (Lipinski definition) is 0. The number of benzene rings is 1. The molecule has 1 aromatic carbocycles. The van der Waals surface area contributed by atoms with Gasteiger partial charge in [-0.25, -0.2) is 0 Å². The summed E-state index contributed by atoms with van der Waals surface area (Å²) in [6, 6.07) is 5.42. The quantitative estimate of drug-likeness (QED) is 0.405. The Bertz CT molecular complexity index is 811. The maximum absolute atomic E-state index is 12.4. The van der Waals surface area contributed by atoms with Gasteiger partial charge in [-0.15, -0.1) is 6.58 Å². The smallest absolute Gasteiger partial charge is 0.308 e. The minimum absolute atomic E-state index is 0.00984. The number of esters is 1. The van der Waals surface area contributed by atoms with Crippen LogP contribution >= 0.6 is 0 Å². The normalized spacial score (nSPS) is 24.6.